The average Bonchev–Trinajstić information content (AvgIpc) is 3.34. The van der Waals surface area contributed by atoms with Gasteiger partial charge in [0.2, 0.25) is 0 Å². The predicted molar refractivity (Wildman–Crippen MR) is 86.8 cm³/mol. The van der Waals surface area contributed by atoms with Crippen LogP contribution in [0.5, 0.6) is 0 Å². The van der Waals surface area contributed by atoms with Crippen molar-refractivity contribution >= 4 is 17.6 Å². The molecule has 0 bridgehead atoms. The van der Waals surface area contributed by atoms with Crippen LogP contribution in [0.1, 0.15) is 24.1 Å². The van der Waals surface area contributed by atoms with Gasteiger partial charge in [0.05, 0.1) is 12.2 Å². The third-order valence-electron chi connectivity index (χ3n) is 4.05. The van der Waals surface area contributed by atoms with E-state index in [0.717, 1.165) is 23.6 Å². The van der Waals surface area contributed by atoms with E-state index in [1.54, 1.807) is 6.20 Å². The summed E-state index contributed by atoms with van der Waals surface area (Å²) in [4.78, 5) is 16.1. The summed E-state index contributed by atoms with van der Waals surface area (Å²) in [6.45, 7) is 1.07. The molecule has 1 saturated carbocycles. The monoisotopic (exact) mass is 315 g/mol. The summed E-state index contributed by atoms with van der Waals surface area (Å²) in [7, 11) is 0. The Balaban J connectivity index is 1.49. The highest BCUT2D eigenvalue weighted by Crippen LogP contribution is 2.47. The van der Waals surface area contributed by atoms with E-state index in [1.807, 2.05) is 42.5 Å². The van der Waals surface area contributed by atoms with E-state index in [9.17, 15) is 4.79 Å². The zero-order valence-corrected chi connectivity index (χ0v) is 12.9. The number of nitrogens with zero attached hydrogens (tertiary/aromatic N) is 1. The van der Waals surface area contributed by atoms with Gasteiger partial charge >= 0.3 is 6.03 Å². The number of hydrogen-bond donors (Lipinski definition) is 2. The number of urea groups is 1. The Labute approximate surface area is 134 Å². The maximum atomic E-state index is 11.9. The van der Waals surface area contributed by atoms with Crippen molar-refractivity contribution in [2.45, 2.75) is 24.8 Å². The zero-order chi connectivity index (χ0) is 15.4. The van der Waals surface area contributed by atoms with Crippen LogP contribution in [0.3, 0.4) is 0 Å². The van der Waals surface area contributed by atoms with Gasteiger partial charge in [-0.25, -0.2) is 4.79 Å². The number of nitrogens with one attached hydrogen (secondary N) is 2. The second kappa shape index (κ2) is 6.36. The summed E-state index contributed by atoms with van der Waals surface area (Å²) in [5, 5.41) is 6.52. The van der Waals surface area contributed by atoms with Crippen LogP contribution in [0.4, 0.5) is 4.79 Å². The van der Waals surface area contributed by atoms with Crippen LogP contribution in [0.25, 0.3) is 0 Å². The first kappa shape index (κ1) is 14.9. The molecule has 2 aromatic rings. The van der Waals surface area contributed by atoms with Crippen LogP contribution in [0.2, 0.25) is 5.02 Å². The average molecular weight is 316 g/mol. The van der Waals surface area contributed by atoms with E-state index in [0.29, 0.717) is 13.1 Å². The fraction of sp³-hybridized carbons (Fsp3) is 0.294. The molecule has 1 aliphatic rings. The largest absolute Gasteiger partial charge is 0.337 e. The van der Waals surface area contributed by atoms with Gasteiger partial charge in [0.25, 0.3) is 0 Å². The van der Waals surface area contributed by atoms with Crippen LogP contribution >= 0.6 is 11.6 Å². The van der Waals surface area contributed by atoms with Crippen molar-refractivity contribution in [3.05, 3.63) is 64.9 Å². The van der Waals surface area contributed by atoms with Gasteiger partial charge in [0, 0.05) is 23.2 Å². The van der Waals surface area contributed by atoms with E-state index >= 15 is 0 Å². The minimum Gasteiger partial charge on any atom is -0.337 e. The molecule has 4 nitrogen and oxygen atoms in total. The fourth-order valence-corrected chi connectivity index (χ4v) is 2.63. The summed E-state index contributed by atoms with van der Waals surface area (Å²) in [6, 6.07) is 13.4. The van der Waals surface area contributed by atoms with Gasteiger partial charge in [-0.3, -0.25) is 4.98 Å². The molecular formula is C17H18ClN3O. The molecule has 0 radical (unpaired) electrons. The molecule has 114 valence electrons. The van der Waals surface area contributed by atoms with Crippen molar-refractivity contribution < 1.29 is 4.79 Å². The lowest BCUT2D eigenvalue weighted by atomic mass is 9.96. The summed E-state index contributed by atoms with van der Waals surface area (Å²) in [5.74, 6) is 0. The molecule has 1 fully saturated rings. The third kappa shape index (κ3) is 3.57. The van der Waals surface area contributed by atoms with Crippen LogP contribution < -0.4 is 10.6 Å². The van der Waals surface area contributed by atoms with Crippen molar-refractivity contribution in [3.63, 3.8) is 0 Å². The first-order chi connectivity index (χ1) is 10.7. The quantitative estimate of drug-likeness (QED) is 0.889. The number of carbonyl (C=O) groups is 1. The molecule has 0 saturated heterocycles. The van der Waals surface area contributed by atoms with Crippen LogP contribution in [-0.2, 0) is 12.0 Å². The van der Waals surface area contributed by atoms with E-state index in [1.165, 1.54) is 5.56 Å². The van der Waals surface area contributed by atoms with Crippen LogP contribution in [0, 0.1) is 0 Å². The molecule has 5 heteroatoms. The maximum Gasteiger partial charge on any atom is 0.315 e. The molecule has 1 aliphatic carbocycles. The fourth-order valence-electron chi connectivity index (χ4n) is 2.51. The van der Waals surface area contributed by atoms with Gasteiger partial charge in [0.1, 0.15) is 0 Å². The van der Waals surface area contributed by atoms with E-state index in [4.69, 9.17) is 11.6 Å². The lowest BCUT2D eigenvalue weighted by Gasteiger charge is -2.17. The number of aromatic nitrogens is 1. The number of halogens is 1. The van der Waals surface area contributed by atoms with Crippen molar-refractivity contribution in [2.24, 2.45) is 0 Å². The summed E-state index contributed by atoms with van der Waals surface area (Å²) in [6.07, 6.45) is 3.90. The Kier molecular flexibility index (Phi) is 4.29. The number of hydrogen-bond acceptors (Lipinski definition) is 2. The highest BCUT2D eigenvalue weighted by Gasteiger charge is 2.44. The lowest BCUT2D eigenvalue weighted by Crippen LogP contribution is -2.39. The second-order valence-electron chi connectivity index (χ2n) is 5.64. The third-order valence-corrected chi connectivity index (χ3v) is 4.31. The molecule has 0 atom stereocenters. The van der Waals surface area contributed by atoms with Crippen LogP contribution in [0.15, 0.2) is 48.7 Å². The molecule has 1 aromatic carbocycles. The number of rotatable bonds is 5. The van der Waals surface area contributed by atoms with Gasteiger partial charge in [-0.1, -0.05) is 29.8 Å². The minimum atomic E-state index is -0.161. The van der Waals surface area contributed by atoms with E-state index < -0.39 is 0 Å². The Morgan fingerprint density at radius 2 is 1.91 bits per heavy atom. The first-order valence-electron chi connectivity index (χ1n) is 7.36. The number of amides is 2. The molecule has 0 spiro atoms. The SMILES string of the molecule is O=C(NCc1ccccn1)NCC1(c2ccc(Cl)cc2)CC1. The Hall–Kier alpha value is -2.07. The predicted octanol–water partition coefficient (Wildman–Crippen LogP) is 3.27. The number of pyridine rings is 1. The summed E-state index contributed by atoms with van der Waals surface area (Å²) < 4.78 is 0. The second-order valence-corrected chi connectivity index (χ2v) is 6.08. The maximum absolute atomic E-state index is 11.9. The van der Waals surface area contributed by atoms with Gasteiger partial charge in [0.15, 0.2) is 0 Å². The molecule has 2 N–H and O–H groups in total. The van der Waals surface area contributed by atoms with Gasteiger partial charge < -0.3 is 10.6 Å². The van der Waals surface area contributed by atoms with Crippen molar-refractivity contribution in [1.29, 1.82) is 0 Å². The van der Waals surface area contributed by atoms with Crippen molar-refractivity contribution in [2.75, 3.05) is 6.54 Å². The molecule has 22 heavy (non-hydrogen) atoms. The Bertz CT molecular complexity index is 639. The smallest absolute Gasteiger partial charge is 0.315 e. The van der Waals surface area contributed by atoms with E-state index in [-0.39, 0.29) is 11.4 Å². The normalized spacial score (nSPS) is 15.1. The summed E-state index contributed by atoms with van der Waals surface area (Å²) >= 11 is 5.92. The van der Waals surface area contributed by atoms with Gasteiger partial charge in [-0.05, 0) is 42.7 Å². The molecule has 1 heterocycles. The van der Waals surface area contributed by atoms with Crippen LogP contribution in [-0.4, -0.2) is 17.6 Å². The molecule has 0 aliphatic heterocycles. The van der Waals surface area contributed by atoms with Gasteiger partial charge in [-0.15, -0.1) is 0 Å². The topological polar surface area (TPSA) is 54.0 Å². The highest BCUT2D eigenvalue weighted by atomic mass is 35.5. The number of carbonyl (C=O) groups excluding carboxylic acids is 1. The number of benzene rings is 1. The van der Waals surface area contributed by atoms with Gasteiger partial charge in [-0.2, -0.15) is 0 Å². The zero-order valence-electron chi connectivity index (χ0n) is 12.2. The van der Waals surface area contributed by atoms with Crippen molar-refractivity contribution in [3.8, 4) is 0 Å². The van der Waals surface area contributed by atoms with Crippen molar-refractivity contribution in [1.82, 2.24) is 15.6 Å². The highest BCUT2D eigenvalue weighted by molar-refractivity contribution is 6.30. The molecule has 0 unspecified atom stereocenters. The molecule has 1 aromatic heterocycles. The standard InChI is InChI=1S/C17H18ClN3O/c18-14-6-4-13(5-7-14)17(8-9-17)12-21-16(22)20-11-15-3-1-2-10-19-15/h1-7,10H,8-9,11-12H2,(H2,20,21,22). The summed E-state index contributed by atoms with van der Waals surface area (Å²) in [5.41, 5.74) is 2.16. The molecule has 2 amide bonds. The lowest BCUT2D eigenvalue weighted by molar-refractivity contribution is 0.239. The van der Waals surface area contributed by atoms with E-state index in [2.05, 4.69) is 15.6 Å². The first-order valence-corrected chi connectivity index (χ1v) is 7.73. The Morgan fingerprint density at radius 3 is 2.55 bits per heavy atom. The minimum absolute atomic E-state index is 0.0763. The molecule has 3 rings (SSSR count). The Morgan fingerprint density at radius 1 is 1.14 bits per heavy atom. The molecular weight excluding hydrogens is 298 g/mol.